The molecule has 20 heavy (non-hydrogen) atoms. The zero-order valence-electron chi connectivity index (χ0n) is 12.0. The SMILES string of the molecule is CC1Cc2ccccc2N1CCNCCc1cccs1. The first-order valence-electron chi connectivity index (χ1n) is 7.42. The Morgan fingerprint density at radius 1 is 1.20 bits per heavy atom. The molecule has 1 aromatic heterocycles. The number of hydrogen-bond donors (Lipinski definition) is 1. The Hall–Kier alpha value is -1.32. The van der Waals surface area contributed by atoms with Gasteiger partial charge in [0.1, 0.15) is 0 Å². The molecule has 1 N–H and O–H groups in total. The second-order valence-corrected chi connectivity index (χ2v) is 6.49. The Balaban J connectivity index is 1.44. The Kier molecular flexibility index (Phi) is 4.38. The van der Waals surface area contributed by atoms with E-state index < -0.39 is 0 Å². The zero-order chi connectivity index (χ0) is 13.8. The van der Waals surface area contributed by atoms with Crippen molar-refractivity contribution in [1.29, 1.82) is 0 Å². The van der Waals surface area contributed by atoms with Gasteiger partial charge in [0.25, 0.3) is 0 Å². The van der Waals surface area contributed by atoms with Crippen LogP contribution in [0.5, 0.6) is 0 Å². The van der Waals surface area contributed by atoms with Crippen LogP contribution < -0.4 is 10.2 Å². The van der Waals surface area contributed by atoms with E-state index in [-0.39, 0.29) is 0 Å². The van der Waals surface area contributed by atoms with Crippen molar-refractivity contribution in [3.8, 4) is 0 Å². The number of para-hydroxylation sites is 1. The topological polar surface area (TPSA) is 15.3 Å². The Bertz CT molecular complexity index is 536. The van der Waals surface area contributed by atoms with Crippen LogP contribution in [-0.4, -0.2) is 25.7 Å². The van der Waals surface area contributed by atoms with Crippen LogP contribution in [0.1, 0.15) is 17.4 Å². The molecule has 0 amide bonds. The van der Waals surface area contributed by atoms with Crippen LogP contribution in [0, 0.1) is 0 Å². The molecule has 0 spiro atoms. The molecule has 0 saturated carbocycles. The predicted molar refractivity (Wildman–Crippen MR) is 87.8 cm³/mol. The largest absolute Gasteiger partial charge is 0.367 e. The highest BCUT2D eigenvalue weighted by Gasteiger charge is 2.24. The van der Waals surface area contributed by atoms with Gasteiger partial charge in [0.15, 0.2) is 0 Å². The molecule has 2 heterocycles. The molecule has 0 bridgehead atoms. The van der Waals surface area contributed by atoms with Crippen LogP contribution in [0.4, 0.5) is 5.69 Å². The molecule has 106 valence electrons. The summed E-state index contributed by atoms with van der Waals surface area (Å²) in [5.41, 5.74) is 2.93. The quantitative estimate of drug-likeness (QED) is 0.819. The number of nitrogens with zero attached hydrogens (tertiary/aromatic N) is 1. The summed E-state index contributed by atoms with van der Waals surface area (Å²) in [7, 11) is 0. The van der Waals surface area contributed by atoms with Gasteiger partial charge in [-0.25, -0.2) is 0 Å². The van der Waals surface area contributed by atoms with E-state index in [4.69, 9.17) is 0 Å². The van der Waals surface area contributed by atoms with Crippen molar-refractivity contribution in [2.24, 2.45) is 0 Å². The molecule has 0 aliphatic carbocycles. The molecule has 0 radical (unpaired) electrons. The van der Waals surface area contributed by atoms with E-state index in [0.29, 0.717) is 6.04 Å². The molecule has 1 aromatic carbocycles. The van der Waals surface area contributed by atoms with Crippen molar-refractivity contribution >= 4 is 17.0 Å². The lowest BCUT2D eigenvalue weighted by Gasteiger charge is -2.25. The van der Waals surface area contributed by atoms with Crippen LogP contribution in [0.2, 0.25) is 0 Å². The lowest BCUT2D eigenvalue weighted by molar-refractivity contribution is 0.619. The third-order valence-electron chi connectivity index (χ3n) is 4.01. The van der Waals surface area contributed by atoms with Crippen molar-refractivity contribution in [2.75, 3.05) is 24.5 Å². The summed E-state index contributed by atoms with van der Waals surface area (Å²) < 4.78 is 0. The summed E-state index contributed by atoms with van der Waals surface area (Å²) in [5, 5.41) is 5.72. The van der Waals surface area contributed by atoms with Gasteiger partial charge in [-0.1, -0.05) is 24.3 Å². The maximum absolute atomic E-state index is 3.57. The Morgan fingerprint density at radius 3 is 2.95 bits per heavy atom. The molecule has 1 unspecified atom stereocenters. The van der Waals surface area contributed by atoms with E-state index in [2.05, 4.69) is 58.9 Å². The fourth-order valence-electron chi connectivity index (χ4n) is 2.96. The highest BCUT2D eigenvalue weighted by molar-refractivity contribution is 7.09. The first-order valence-corrected chi connectivity index (χ1v) is 8.30. The van der Waals surface area contributed by atoms with Crippen molar-refractivity contribution in [3.63, 3.8) is 0 Å². The second kappa shape index (κ2) is 6.42. The molecule has 1 aliphatic heterocycles. The smallest absolute Gasteiger partial charge is 0.0402 e. The molecule has 0 fully saturated rings. The second-order valence-electron chi connectivity index (χ2n) is 5.45. The molecule has 3 heteroatoms. The summed E-state index contributed by atoms with van der Waals surface area (Å²) in [4.78, 5) is 4.00. The van der Waals surface area contributed by atoms with Gasteiger partial charge in [-0.3, -0.25) is 0 Å². The average Bonchev–Trinajstić information content (AvgIpc) is 3.06. The highest BCUT2D eigenvalue weighted by atomic mass is 32.1. The molecule has 2 nitrogen and oxygen atoms in total. The van der Waals surface area contributed by atoms with Gasteiger partial charge in [-0.15, -0.1) is 11.3 Å². The normalized spacial score (nSPS) is 17.4. The van der Waals surface area contributed by atoms with E-state index in [1.165, 1.54) is 22.5 Å². The minimum absolute atomic E-state index is 0.631. The summed E-state index contributed by atoms with van der Waals surface area (Å²) in [6, 6.07) is 13.8. The number of thiophene rings is 1. The van der Waals surface area contributed by atoms with Crippen LogP contribution in [-0.2, 0) is 12.8 Å². The summed E-state index contributed by atoms with van der Waals surface area (Å²) in [6.07, 6.45) is 2.33. The minimum Gasteiger partial charge on any atom is -0.367 e. The van der Waals surface area contributed by atoms with Gasteiger partial charge in [-0.05, 0) is 42.8 Å². The number of rotatable bonds is 6. The zero-order valence-corrected chi connectivity index (χ0v) is 12.8. The van der Waals surface area contributed by atoms with Gasteiger partial charge in [0, 0.05) is 36.2 Å². The van der Waals surface area contributed by atoms with Gasteiger partial charge >= 0.3 is 0 Å². The third-order valence-corrected chi connectivity index (χ3v) is 4.94. The van der Waals surface area contributed by atoms with Crippen molar-refractivity contribution < 1.29 is 0 Å². The van der Waals surface area contributed by atoms with Crippen LogP contribution in [0.3, 0.4) is 0 Å². The first kappa shape index (κ1) is 13.7. The first-order chi connectivity index (χ1) is 9.84. The molecule has 1 aliphatic rings. The average molecular weight is 286 g/mol. The fourth-order valence-corrected chi connectivity index (χ4v) is 3.67. The van der Waals surface area contributed by atoms with E-state index in [9.17, 15) is 0 Å². The number of benzene rings is 1. The highest BCUT2D eigenvalue weighted by Crippen LogP contribution is 2.31. The van der Waals surface area contributed by atoms with Gasteiger partial charge in [-0.2, -0.15) is 0 Å². The Morgan fingerprint density at radius 2 is 2.10 bits per heavy atom. The molecule has 1 atom stereocenters. The lowest BCUT2D eigenvalue weighted by Crippen LogP contribution is -2.36. The molecule has 0 saturated heterocycles. The molecule has 2 aromatic rings. The lowest BCUT2D eigenvalue weighted by atomic mass is 10.1. The summed E-state index contributed by atoms with van der Waals surface area (Å²) in [5.74, 6) is 0. The number of nitrogens with one attached hydrogen (secondary N) is 1. The number of anilines is 1. The van der Waals surface area contributed by atoms with Crippen molar-refractivity contribution in [1.82, 2.24) is 5.32 Å². The van der Waals surface area contributed by atoms with E-state index in [1.807, 2.05) is 11.3 Å². The molecular weight excluding hydrogens is 264 g/mol. The van der Waals surface area contributed by atoms with Gasteiger partial charge in [0.2, 0.25) is 0 Å². The fraction of sp³-hybridized carbons (Fsp3) is 0.412. The number of fused-ring (bicyclic) bond motifs is 1. The van der Waals surface area contributed by atoms with Crippen molar-refractivity contribution in [3.05, 3.63) is 52.2 Å². The number of hydrogen-bond acceptors (Lipinski definition) is 3. The van der Waals surface area contributed by atoms with Crippen LogP contribution in [0.25, 0.3) is 0 Å². The Labute approximate surface area is 125 Å². The summed E-state index contributed by atoms with van der Waals surface area (Å²) in [6.45, 7) is 5.56. The third kappa shape index (κ3) is 3.05. The van der Waals surface area contributed by atoms with Gasteiger partial charge < -0.3 is 10.2 Å². The summed E-state index contributed by atoms with van der Waals surface area (Å²) >= 11 is 1.85. The van der Waals surface area contributed by atoms with Crippen LogP contribution in [0.15, 0.2) is 41.8 Å². The predicted octanol–water partition coefficient (Wildman–Crippen LogP) is 3.33. The van der Waals surface area contributed by atoms with E-state index in [0.717, 1.165) is 26.1 Å². The van der Waals surface area contributed by atoms with Gasteiger partial charge in [0.05, 0.1) is 0 Å². The maximum atomic E-state index is 3.57. The maximum Gasteiger partial charge on any atom is 0.0402 e. The van der Waals surface area contributed by atoms with Crippen LogP contribution >= 0.6 is 11.3 Å². The van der Waals surface area contributed by atoms with E-state index in [1.54, 1.807) is 0 Å². The monoisotopic (exact) mass is 286 g/mol. The minimum atomic E-state index is 0.631. The van der Waals surface area contributed by atoms with E-state index >= 15 is 0 Å². The van der Waals surface area contributed by atoms with Crippen molar-refractivity contribution in [2.45, 2.75) is 25.8 Å². The molecular formula is C17H22N2S. The standard InChI is InChI=1S/C17H22N2S/c1-14-13-15-5-2-3-7-17(15)19(14)11-10-18-9-8-16-6-4-12-20-16/h2-7,12,14,18H,8-11,13H2,1H3. The molecule has 3 rings (SSSR count).